The SMILES string of the molecule is C=CCNC(=O)NC(C)CCCCCC. The first kappa shape index (κ1) is 14.0. The normalized spacial score (nSPS) is 11.9. The van der Waals surface area contributed by atoms with Crippen LogP contribution in [0, 0.1) is 0 Å². The lowest BCUT2D eigenvalue weighted by Gasteiger charge is -2.13. The Morgan fingerprint density at radius 3 is 2.73 bits per heavy atom. The highest BCUT2D eigenvalue weighted by atomic mass is 16.2. The molecule has 0 aliphatic rings. The second-order valence-electron chi connectivity index (χ2n) is 3.89. The van der Waals surface area contributed by atoms with Gasteiger partial charge in [-0.1, -0.05) is 38.7 Å². The van der Waals surface area contributed by atoms with Crippen LogP contribution in [0.15, 0.2) is 12.7 Å². The lowest BCUT2D eigenvalue weighted by molar-refractivity contribution is 0.238. The minimum absolute atomic E-state index is 0.0992. The van der Waals surface area contributed by atoms with Crippen molar-refractivity contribution in [3.8, 4) is 0 Å². The van der Waals surface area contributed by atoms with E-state index in [2.05, 4.69) is 24.1 Å². The summed E-state index contributed by atoms with van der Waals surface area (Å²) in [6, 6.07) is 0.157. The van der Waals surface area contributed by atoms with Crippen LogP contribution in [0.25, 0.3) is 0 Å². The van der Waals surface area contributed by atoms with E-state index < -0.39 is 0 Å². The highest BCUT2D eigenvalue weighted by Crippen LogP contribution is 2.04. The fraction of sp³-hybridized carbons (Fsp3) is 0.750. The molecule has 0 spiro atoms. The van der Waals surface area contributed by atoms with Gasteiger partial charge in [-0.2, -0.15) is 0 Å². The summed E-state index contributed by atoms with van der Waals surface area (Å²) in [5.74, 6) is 0. The average molecular weight is 212 g/mol. The Kier molecular flexibility index (Phi) is 8.93. The van der Waals surface area contributed by atoms with Gasteiger partial charge in [0.15, 0.2) is 0 Å². The summed E-state index contributed by atoms with van der Waals surface area (Å²) in [5.41, 5.74) is 0. The maximum atomic E-state index is 11.2. The molecule has 0 bridgehead atoms. The predicted molar refractivity (Wildman–Crippen MR) is 65.0 cm³/mol. The largest absolute Gasteiger partial charge is 0.336 e. The highest BCUT2D eigenvalue weighted by molar-refractivity contribution is 5.74. The monoisotopic (exact) mass is 212 g/mol. The Bertz CT molecular complexity index is 180. The predicted octanol–water partition coefficient (Wildman–Crippen LogP) is 2.83. The first-order valence-electron chi connectivity index (χ1n) is 5.86. The average Bonchev–Trinajstić information content (AvgIpc) is 2.21. The van der Waals surface area contributed by atoms with Crippen molar-refractivity contribution in [2.45, 2.75) is 52.0 Å². The van der Waals surface area contributed by atoms with Crippen molar-refractivity contribution in [3.05, 3.63) is 12.7 Å². The van der Waals surface area contributed by atoms with Crippen LogP contribution in [0.4, 0.5) is 4.79 Å². The zero-order valence-electron chi connectivity index (χ0n) is 10.0. The molecule has 15 heavy (non-hydrogen) atoms. The van der Waals surface area contributed by atoms with Gasteiger partial charge in [0.25, 0.3) is 0 Å². The van der Waals surface area contributed by atoms with E-state index in [1.165, 1.54) is 25.7 Å². The quantitative estimate of drug-likeness (QED) is 0.471. The summed E-state index contributed by atoms with van der Waals surface area (Å²) in [6.07, 6.45) is 7.72. The van der Waals surface area contributed by atoms with Crippen molar-refractivity contribution in [2.24, 2.45) is 0 Å². The maximum absolute atomic E-state index is 11.2. The minimum Gasteiger partial charge on any atom is -0.336 e. The molecule has 2 amide bonds. The molecule has 0 aromatic heterocycles. The van der Waals surface area contributed by atoms with Gasteiger partial charge >= 0.3 is 6.03 Å². The van der Waals surface area contributed by atoms with Gasteiger partial charge < -0.3 is 10.6 Å². The number of hydrogen-bond donors (Lipinski definition) is 2. The van der Waals surface area contributed by atoms with Crippen molar-refractivity contribution in [2.75, 3.05) is 6.54 Å². The molecule has 0 saturated carbocycles. The maximum Gasteiger partial charge on any atom is 0.315 e. The van der Waals surface area contributed by atoms with Gasteiger partial charge in [0.2, 0.25) is 0 Å². The lowest BCUT2D eigenvalue weighted by atomic mass is 10.1. The van der Waals surface area contributed by atoms with Crippen molar-refractivity contribution in [1.82, 2.24) is 10.6 Å². The number of hydrogen-bond acceptors (Lipinski definition) is 1. The molecule has 0 heterocycles. The first-order chi connectivity index (χ1) is 7.20. The Morgan fingerprint density at radius 1 is 1.40 bits per heavy atom. The number of carbonyl (C=O) groups excluding carboxylic acids is 1. The third kappa shape index (κ3) is 9.32. The van der Waals surface area contributed by atoms with Gasteiger partial charge in [-0.25, -0.2) is 4.79 Å². The molecule has 0 aliphatic carbocycles. The zero-order valence-corrected chi connectivity index (χ0v) is 10.0. The molecular weight excluding hydrogens is 188 g/mol. The Hall–Kier alpha value is -0.990. The Balaban J connectivity index is 3.42. The van der Waals surface area contributed by atoms with E-state index in [-0.39, 0.29) is 12.1 Å². The first-order valence-corrected chi connectivity index (χ1v) is 5.86. The standard InChI is InChI=1S/C12H24N2O/c1-4-6-7-8-9-11(3)14-12(15)13-10-5-2/h5,11H,2,4,6-10H2,1,3H3,(H2,13,14,15). The number of rotatable bonds is 8. The number of urea groups is 1. The van der Waals surface area contributed by atoms with Crippen LogP contribution in [0.1, 0.15) is 46.0 Å². The van der Waals surface area contributed by atoms with Crippen LogP contribution in [0.2, 0.25) is 0 Å². The van der Waals surface area contributed by atoms with Crippen LogP contribution >= 0.6 is 0 Å². The smallest absolute Gasteiger partial charge is 0.315 e. The number of unbranched alkanes of at least 4 members (excludes halogenated alkanes) is 3. The molecule has 0 saturated heterocycles. The molecule has 0 radical (unpaired) electrons. The zero-order chi connectivity index (χ0) is 11.5. The van der Waals surface area contributed by atoms with Crippen LogP contribution in [-0.2, 0) is 0 Å². The molecule has 3 nitrogen and oxygen atoms in total. The lowest BCUT2D eigenvalue weighted by Crippen LogP contribution is -2.40. The summed E-state index contributed by atoms with van der Waals surface area (Å²) >= 11 is 0. The van der Waals surface area contributed by atoms with Gasteiger partial charge in [-0.05, 0) is 13.3 Å². The third-order valence-electron chi connectivity index (χ3n) is 2.28. The molecular formula is C12H24N2O. The second kappa shape index (κ2) is 9.56. The highest BCUT2D eigenvalue weighted by Gasteiger charge is 2.04. The van der Waals surface area contributed by atoms with E-state index in [4.69, 9.17) is 0 Å². The second-order valence-corrected chi connectivity index (χ2v) is 3.89. The molecule has 0 aromatic carbocycles. The van der Waals surface area contributed by atoms with E-state index in [0.29, 0.717) is 6.54 Å². The van der Waals surface area contributed by atoms with Gasteiger partial charge in [-0.15, -0.1) is 6.58 Å². The Morgan fingerprint density at radius 2 is 2.13 bits per heavy atom. The van der Waals surface area contributed by atoms with Gasteiger partial charge in [0, 0.05) is 12.6 Å². The number of carbonyl (C=O) groups is 1. The topological polar surface area (TPSA) is 41.1 Å². The molecule has 88 valence electrons. The molecule has 1 unspecified atom stereocenters. The third-order valence-corrected chi connectivity index (χ3v) is 2.28. The van der Waals surface area contributed by atoms with E-state index in [9.17, 15) is 4.79 Å². The van der Waals surface area contributed by atoms with Crippen LogP contribution < -0.4 is 10.6 Å². The summed E-state index contributed by atoms with van der Waals surface area (Å²) in [6.45, 7) is 8.30. The van der Waals surface area contributed by atoms with E-state index in [0.717, 1.165) is 6.42 Å². The fourth-order valence-electron chi connectivity index (χ4n) is 1.39. The molecule has 0 rings (SSSR count). The van der Waals surface area contributed by atoms with Crippen molar-refractivity contribution >= 4 is 6.03 Å². The molecule has 0 aliphatic heterocycles. The molecule has 1 atom stereocenters. The summed E-state index contributed by atoms with van der Waals surface area (Å²) in [5, 5.41) is 5.59. The van der Waals surface area contributed by atoms with Crippen LogP contribution in [0.3, 0.4) is 0 Å². The fourth-order valence-corrected chi connectivity index (χ4v) is 1.39. The van der Waals surface area contributed by atoms with Crippen molar-refractivity contribution < 1.29 is 4.79 Å². The minimum atomic E-state index is -0.0992. The van der Waals surface area contributed by atoms with Crippen molar-refractivity contribution in [3.63, 3.8) is 0 Å². The summed E-state index contributed by atoms with van der Waals surface area (Å²) in [7, 11) is 0. The molecule has 3 heteroatoms. The van der Waals surface area contributed by atoms with Crippen molar-refractivity contribution in [1.29, 1.82) is 0 Å². The van der Waals surface area contributed by atoms with E-state index in [1.54, 1.807) is 6.08 Å². The molecule has 2 N–H and O–H groups in total. The number of nitrogens with one attached hydrogen (secondary N) is 2. The van der Waals surface area contributed by atoms with Gasteiger partial charge in [-0.3, -0.25) is 0 Å². The van der Waals surface area contributed by atoms with E-state index in [1.807, 2.05) is 6.92 Å². The van der Waals surface area contributed by atoms with E-state index >= 15 is 0 Å². The number of amides is 2. The molecule has 0 fully saturated rings. The van der Waals surface area contributed by atoms with Gasteiger partial charge in [0.05, 0.1) is 0 Å². The summed E-state index contributed by atoms with van der Waals surface area (Å²) in [4.78, 5) is 11.2. The Labute approximate surface area is 93.3 Å². The van der Waals surface area contributed by atoms with Gasteiger partial charge in [0.1, 0.15) is 0 Å². The molecule has 0 aromatic rings. The van der Waals surface area contributed by atoms with Crippen LogP contribution in [-0.4, -0.2) is 18.6 Å². The summed E-state index contributed by atoms with van der Waals surface area (Å²) < 4.78 is 0. The van der Waals surface area contributed by atoms with Crippen LogP contribution in [0.5, 0.6) is 0 Å².